The second-order valence-corrected chi connectivity index (χ2v) is 10.2. The van der Waals surface area contributed by atoms with Crippen LogP contribution < -0.4 is 0 Å². The lowest BCUT2D eigenvalue weighted by molar-refractivity contribution is -0.158. The number of ketones is 1. The molecule has 0 aromatic carbocycles. The van der Waals surface area contributed by atoms with Crippen molar-refractivity contribution < 1.29 is 23.9 Å². The van der Waals surface area contributed by atoms with Gasteiger partial charge in [0.25, 0.3) is 0 Å². The maximum atomic E-state index is 13.5. The summed E-state index contributed by atoms with van der Waals surface area (Å²) in [6.07, 6.45) is 6.53. The van der Waals surface area contributed by atoms with E-state index in [1.807, 2.05) is 20.1 Å². The van der Waals surface area contributed by atoms with Crippen LogP contribution in [0.4, 0.5) is 0 Å². The zero-order valence-electron chi connectivity index (χ0n) is 18.5. The molecule has 1 spiro atoms. The van der Waals surface area contributed by atoms with E-state index in [0.29, 0.717) is 18.4 Å². The molecule has 0 radical (unpaired) electrons. The Hall–Kier alpha value is -1.82. The van der Waals surface area contributed by atoms with Crippen LogP contribution in [0.2, 0.25) is 0 Å². The fourth-order valence-corrected chi connectivity index (χ4v) is 6.17. The lowest BCUT2D eigenvalue weighted by Gasteiger charge is -2.47. The van der Waals surface area contributed by atoms with Crippen LogP contribution in [0.1, 0.15) is 47.0 Å². The topological polar surface area (TPSA) is 69.7 Å². The van der Waals surface area contributed by atoms with Gasteiger partial charge in [-0.3, -0.25) is 9.59 Å². The monoisotopic (exact) mass is 432 g/mol. The Balaban J connectivity index is 2.11. The van der Waals surface area contributed by atoms with Gasteiger partial charge in [0.15, 0.2) is 5.78 Å². The molecule has 0 unspecified atom stereocenters. The molecular weight excluding hydrogens is 400 g/mol. The van der Waals surface area contributed by atoms with Crippen LogP contribution in [0, 0.1) is 28.6 Å². The maximum absolute atomic E-state index is 13.5. The largest absolute Gasteiger partial charge is 0.460 e. The van der Waals surface area contributed by atoms with Gasteiger partial charge in [-0.05, 0) is 67.8 Å². The van der Waals surface area contributed by atoms with Gasteiger partial charge in [-0.25, -0.2) is 4.79 Å². The molecule has 30 heavy (non-hydrogen) atoms. The first-order valence-corrected chi connectivity index (χ1v) is 11.8. The molecule has 0 amide bonds. The predicted molar refractivity (Wildman–Crippen MR) is 118 cm³/mol. The summed E-state index contributed by atoms with van der Waals surface area (Å²) >= 11 is 1.42. The summed E-state index contributed by atoms with van der Waals surface area (Å²) in [6.45, 7) is 12.3. The molecule has 0 aromatic heterocycles. The molecule has 164 valence electrons. The third-order valence-electron chi connectivity index (χ3n) is 7.44. The minimum atomic E-state index is -1.04. The molecule has 0 bridgehead atoms. The lowest BCUT2D eigenvalue weighted by Crippen LogP contribution is -2.48. The third kappa shape index (κ3) is 3.57. The number of thioether (sulfide) groups is 1. The van der Waals surface area contributed by atoms with Gasteiger partial charge in [0.05, 0.1) is 0 Å². The number of hydrogen-bond acceptors (Lipinski definition) is 6. The lowest BCUT2D eigenvalue weighted by atomic mass is 9.60. The highest BCUT2D eigenvalue weighted by Crippen LogP contribution is 2.68. The van der Waals surface area contributed by atoms with Crippen LogP contribution in [0.15, 0.2) is 35.3 Å². The van der Waals surface area contributed by atoms with E-state index in [0.717, 1.165) is 12.0 Å². The highest BCUT2D eigenvalue weighted by molar-refractivity contribution is 8.01. The molecule has 3 rings (SSSR count). The number of fused-ring (bicyclic) bond motifs is 1. The number of carbonyl (C=O) groups excluding carboxylic acids is 3. The summed E-state index contributed by atoms with van der Waals surface area (Å²) in [7, 11) is 0. The Morgan fingerprint density at radius 1 is 1.30 bits per heavy atom. The standard InChI is InChI=1S/C24H32O5S/c1-14(2)11-17(25)20-21-18(29-19(26)9-10-30-6)8-7-15(3)23(21,5)13-24(20)16(4)12-28-22(24)27/h9-11,15,18,20-21H,4,7-8,12-13H2,1-3,5-6H3/b10-9-/t15-,18-,20+,21+,23+,24-/m0/s1. The average Bonchev–Trinajstić information content (AvgIpc) is 3.12. The van der Waals surface area contributed by atoms with Crippen molar-refractivity contribution in [2.75, 3.05) is 12.9 Å². The predicted octanol–water partition coefficient (Wildman–Crippen LogP) is 4.48. The van der Waals surface area contributed by atoms with Crippen LogP contribution in [0.3, 0.4) is 0 Å². The molecule has 2 saturated carbocycles. The van der Waals surface area contributed by atoms with Gasteiger partial charge in [-0.15, -0.1) is 11.8 Å². The third-order valence-corrected chi connectivity index (χ3v) is 7.85. The minimum Gasteiger partial charge on any atom is -0.460 e. The van der Waals surface area contributed by atoms with Gasteiger partial charge in [0, 0.05) is 17.9 Å². The smallest absolute Gasteiger partial charge is 0.331 e. The number of hydrogen-bond donors (Lipinski definition) is 0. The Labute approximate surface area is 183 Å². The van der Waals surface area contributed by atoms with Crippen LogP contribution in [-0.2, 0) is 23.9 Å². The van der Waals surface area contributed by atoms with Crippen LogP contribution in [0.25, 0.3) is 0 Å². The van der Waals surface area contributed by atoms with Crippen molar-refractivity contribution in [3.8, 4) is 0 Å². The molecule has 5 nitrogen and oxygen atoms in total. The Bertz CT molecular complexity index is 805. The van der Waals surface area contributed by atoms with Crippen molar-refractivity contribution in [1.82, 2.24) is 0 Å². The fraction of sp³-hybridized carbons (Fsp3) is 0.625. The van der Waals surface area contributed by atoms with Gasteiger partial charge in [0.2, 0.25) is 0 Å². The van der Waals surface area contributed by atoms with Gasteiger partial charge < -0.3 is 9.47 Å². The van der Waals surface area contributed by atoms with Crippen molar-refractivity contribution in [3.63, 3.8) is 0 Å². The number of ether oxygens (including phenoxy) is 2. The molecule has 1 aliphatic heterocycles. The molecule has 6 heteroatoms. The molecule has 3 aliphatic rings. The second-order valence-electron chi connectivity index (χ2n) is 9.45. The van der Waals surface area contributed by atoms with E-state index in [1.165, 1.54) is 17.8 Å². The number of allylic oxidation sites excluding steroid dienone is 2. The van der Waals surface area contributed by atoms with Crippen LogP contribution in [0.5, 0.6) is 0 Å². The summed E-state index contributed by atoms with van der Waals surface area (Å²) in [6, 6.07) is 0. The zero-order chi connectivity index (χ0) is 22.3. The molecule has 1 heterocycles. The Morgan fingerprint density at radius 2 is 2.00 bits per heavy atom. The second kappa shape index (κ2) is 8.37. The fourth-order valence-electron chi connectivity index (χ4n) is 5.92. The van der Waals surface area contributed by atoms with E-state index >= 15 is 0 Å². The number of cyclic esters (lactones) is 1. The zero-order valence-corrected chi connectivity index (χ0v) is 19.3. The van der Waals surface area contributed by atoms with E-state index in [9.17, 15) is 14.4 Å². The molecule has 0 aromatic rings. The first kappa shape index (κ1) is 22.9. The number of esters is 2. The van der Waals surface area contributed by atoms with E-state index in [4.69, 9.17) is 9.47 Å². The normalized spacial score (nSPS) is 37.9. The van der Waals surface area contributed by atoms with Crippen molar-refractivity contribution in [1.29, 1.82) is 0 Å². The van der Waals surface area contributed by atoms with E-state index in [2.05, 4.69) is 20.4 Å². The maximum Gasteiger partial charge on any atom is 0.331 e. The van der Waals surface area contributed by atoms with Crippen molar-refractivity contribution >= 4 is 29.5 Å². The van der Waals surface area contributed by atoms with Gasteiger partial charge >= 0.3 is 11.9 Å². The molecule has 2 aliphatic carbocycles. The highest BCUT2D eigenvalue weighted by Gasteiger charge is 2.71. The van der Waals surface area contributed by atoms with Gasteiger partial charge in [-0.1, -0.05) is 26.0 Å². The summed E-state index contributed by atoms with van der Waals surface area (Å²) in [5.41, 5.74) is 0.166. The quantitative estimate of drug-likeness (QED) is 0.362. The number of carbonyl (C=O) groups is 3. The SMILES string of the molecule is C=C1COC(=O)[C@@]12C[C@@]1(C)[C@H]([C@@H](OC(=O)/C=C\SC)CC[C@@H]1C)[C@H]2C(=O)C=C(C)C. The van der Waals surface area contributed by atoms with Gasteiger partial charge in [0.1, 0.15) is 18.1 Å². The molecular formula is C24H32O5S. The minimum absolute atomic E-state index is 0.0986. The van der Waals surface area contributed by atoms with Crippen LogP contribution >= 0.6 is 11.8 Å². The summed E-state index contributed by atoms with van der Waals surface area (Å²) in [5.74, 6) is -1.49. The Morgan fingerprint density at radius 3 is 2.57 bits per heavy atom. The van der Waals surface area contributed by atoms with E-state index < -0.39 is 23.4 Å². The molecule has 0 N–H and O–H groups in total. The summed E-state index contributed by atoms with van der Waals surface area (Å²) in [4.78, 5) is 39.0. The van der Waals surface area contributed by atoms with Crippen molar-refractivity contribution in [2.45, 2.75) is 53.1 Å². The summed E-state index contributed by atoms with van der Waals surface area (Å²) < 4.78 is 11.3. The van der Waals surface area contributed by atoms with Crippen LogP contribution in [-0.4, -0.2) is 36.7 Å². The first-order chi connectivity index (χ1) is 14.1. The molecule has 6 atom stereocenters. The average molecular weight is 433 g/mol. The Kier molecular flexibility index (Phi) is 6.38. The summed E-state index contributed by atoms with van der Waals surface area (Å²) in [5, 5.41) is 1.69. The van der Waals surface area contributed by atoms with E-state index in [1.54, 1.807) is 11.5 Å². The van der Waals surface area contributed by atoms with Gasteiger partial charge in [-0.2, -0.15) is 0 Å². The first-order valence-electron chi connectivity index (χ1n) is 10.5. The number of rotatable bonds is 5. The molecule has 1 saturated heterocycles. The highest BCUT2D eigenvalue weighted by atomic mass is 32.2. The van der Waals surface area contributed by atoms with Crippen molar-refractivity contribution in [3.05, 3.63) is 35.3 Å². The molecule has 3 fully saturated rings. The van der Waals surface area contributed by atoms with Crippen molar-refractivity contribution in [2.24, 2.45) is 28.6 Å². The van der Waals surface area contributed by atoms with E-state index in [-0.39, 0.29) is 35.6 Å².